The number of methoxy groups -OCH3 is 2. The van der Waals surface area contributed by atoms with Gasteiger partial charge in [-0.15, -0.1) is 12.4 Å². The van der Waals surface area contributed by atoms with Gasteiger partial charge in [0.25, 0.3) is 0 Å². The van der Waals surface area contributed by atoms with E-state index in [4.69, 9.17) is 18.9 Å². The summed E-state index contributed by atoms with van der Waals surface area (Å²) in [6, 6.07) is 10.6. The minimum atomic E-state index is -0.474. The average molecular weight is 617 g/mol. The molecule has 1 unspecified atom stereocenters. The van der Waals surface area contributed by atoms with E-state index in [1.54, 1.807) is 14.2 Å². The van der Waals surface area contributed by atoms with Crippen LogP contribution in [-0.4, -0.2) is 80.6 Å². The summed E-state index contributed by atoms with van der Waals surface area (Å²) in [5, 5.41) is 3.19. The molecule has 42 heavy (non-hydrogen) atoms. The van der Waals surface area contributed by atoms with E-state index in [0.717, 1.165) is 6.54 Å². The van der Waals surface area contributed by atoms with Gasteiger partial charge in [0, 0.05) is 32.8 Å². The van der Waals surface area contributed by atoms with Crippen LogP contribution >= 0.6 is 12.4 Å². The summed E-state index contributed by atoms with van der Waals surface area (Å²) < 4.78 is 21.8. The predicted octanol–water partition coefficient (Wildman–Crippen LogP) is 6.29. The lowest BCUT2D eigenvalue weighted by molar-refractivity contribution is -0.160. The summed E-state index contributed by atoms with van der Waals surface area (Å²) in [6.07, 6.45) is 0.177. The van der Waals surface area contributed by atoms with E-state index in [0.29, 0.717) is 11.8 Å². The maximum absolute atomic E-state index is 12.2. The van der Waals surface area contributed by atoms with Crippen LogP contribution in [0.25, 0.3) is 0 Å². The number of rotatable bonds is 14. The number of carbonyl (C=O) groups excluding carboxylic acids is 2. The second-order valence-electron chi connectivity index (χ2n) is 13.3. The van der Waals surface area contributed by atoms with Gasteiger partial charge in [0.1, 0.15) is 11.2 Å². The van der Waals surface area contributed by atoms with Crippen molar-refractivity contribution < 1.29 is 28.5 Å². The van der Waals surface area contributed by atoms with Gasteiger partial charge in [0.2, 0.25) is 0 Å². The standard InChI is InChI=1S/C20H33NO3.C13H27NO3.ClH/c1-15(2)19(21(6)14-16-11-9-8-10-12-16)17(23-7)13-18(22)24-20(3,4)5;1-9(2)12(14-6)10(16-7)8-11(15)17-13(3,4)5;/h8-12,15,17,19H,13-14H2,1-7H3;9-10,12,14H,8H2,1-7H3;1H/t17-,19+;10-,12?;/m11./s1. The summed E-state index contributed by atoms with van der Waals surface area (Å²) in [4.78, 5) is 26.2. The third kappa shape index (κ3) is 18.1. The van der Waals surface area contributed by atoms with Gasteiger partial charge in [-0.2, -0.15) is 0 Å². The molecule has 4 atom stereocenters. The largest absolute Gasteiger partial charge is 0.460 e. The molecule has 0 aromatic heterocycles. The molecule has 0 amide bonds. The van der Waals surface area contributed by atoms with Crippen molar-refractivity contribution in [2.75, 3.05) is 28.3 Å². The monoisotopic (exact) mass is 616 g/mol. The molecular formula is C33H61ClN2O6. The van der Waals surface area contributed by atoms with Gasteiger partial charge in [-0.25, -0.2) is 0 Å². The van der Waals surface area contributed by atoms with Gasteiger partial charge in [0.15, 0.2) is 0 Å². The Morgan fingerprint density at radius 2 is 1.21 bits per heavy atom. The van der Waals surface area contributed by atoms with Crippen LogP contribution in [-0.2, 0) is 35.1 Å². The van der Waals surface area contributed by atoms with E-state index in [1.807, 2.05) is 66.8 Å². The number of esters is 2. The highest BCUT2D eigenvalue weighted by Crippen LogP contribution is 2.22. The fourth-order valence-electron chi connectivity index (χ4n) is 4.94. The highest BCUT2D eigenvalue weighted by molar-refractivity contribution is 5.85. The van der Waals surface area contributed by atoms with Crippen molar-refractivity contribution >= 4 is 24.3 Å². The van der Waals surface area contributed by atoms with Crippen LogP contribution < -0.4 is 5.32 Å². The Morgan fingerprint density at radius 3 is 1.55 bits per heavy atom. The fraction of sp³-hybridized carbons (Fsp3) is 0.758. The van der Waals surface area contributed by atoms with E-state index in [2.05, 4.69) is 57.1 Å². The summed E-state index contributed by atoms with van der Waals surface area (Å²) in [6.45, 7) is 20.6. The summed E-state index contributed by atoms with van der Waals surface area (Å²) in [5.41, 5.74) is 0.332. The number of benzene rings is 1. The molecule has 0 radical (unpaired) electrons. The van der Waals surface area contributed by atoms with E-state index >= 15 is 0 Å². The van der Waals surface area contributed by atoms with Gasteiger partial charge < -0.3 is 24.3 Å². The second kappa shape index (κ2) is 20.3. The summed E-state index contributed by atoms with van der Waals surface area (Å²) in [5.74, 6) is 0.317. The van der Waals surface area contributed by atoms with E-state index in [1.165, 1.54) is 5.56 Å². The van der Waals surface area contributed by atoms with Crippen LogP contribution in [0, 0.1) is 11.8 Å². The Morgan fingerprint density at radius 1 is 0.786 bits per heavy atom. The zero-order valence-electron chi connectivity index (χ0n) is 28.8. The first-order chi connectivity index (χ1) is 18.8. The SMILES string of the molecule is CNC(C(C)C)[C@@H](CC(=O)OC(C)(C)C)OC.CO[C@H](CC(=O)OC(C)(C)C)[C@H](C(C)C)N(C)Cc1ccccc1.Cl. The zero-order valence-corrected chi connectivity index (χ0v) is 29.6. The van der Waals surface area contributed by atoms with Crippen LogP contribution in [0.1, 0.15) is 87.6 Å². The maximum Gasteiger partial charge on any atom is 0.309 e. The molecule has 8 nitrogen and oxygen atoms in total. The quantitative estimate of drug-likeness (QED) is 0.244. The Kier molecular flexibility index (Phi) is 20.5. The van der Waals surface area contributed by atoms with Crippen molar-refractivity contribution in [2.24, 2.45) is 11.8 Å². The third-order valence-electron chi connectivity index (χ3n) is 6.48. The average Bonchev–Trinajstić information content (AvgIpc) is 2.81. The molecule has 0 bridgehead atoms. The number of carbonyl (C=O) groups is 2. The number of halogens is 1. The second-order valence-corrected chi connectivity index (χ2v) is 13.3. The van der Waals surface area contributed by atoms with Crippen LogP contribution in [0.5, 0.6) is 0 Å². The lowest BCUT2D eigenvalue weighted by Crippen LogP contribution is -2.46. The van der Waals surface area contributed by atoms with Crippen molar-refractivity contribution in [2.45, 2.75) is 124 Å². The first-order valence-corrected chi connectivity index (χ1v) is 14.8. The first-order valence-electron chi connectivity index (χ1n) is 14.8. The van der Waals surface area contributed by atoms with E-state index < -0.39 is 11.2 Å². The Hall–Kier alpha value is -1.71. The van der Waals surface area contributed by atoms with Crippen molar-refractivity contribution in [3.63, 3.8) is 0 Å². The molecule has 1 rings (SSSR count). The minimum Gasteiger partial charge on any atom is -0.460 e. The van der Waals surface area contributed by atoms with Crippen molar-refractivity contribution in [1.82, 2.24) is 10.2 Å². The van der Waals surface area contributed by atoms with Gasteiger partial charge in [-0.3, -0.25) is 14.5 Å². The topological polar surface area (TPSA) is 86.3 Å². The lowest BCUT2D eigenvalue weighted by Gasteiger charge is -2.36. The highest BCUT2D eigenvalue weighted by Gasteiger charge is 2.32. The van der Waals surface area contributed by atoms with Crippen LogP contribution in [0.3, 0.4) is 0 Å². The van der Waals surface area contributed by atoms with Gasteiger partial charge in [-0.1, -0.05) is 58.0 Å². The normalized spacial score (nSPS) is 14.8. The molecule has 0 aliphatic rings. The third-order valence-corrected chi connectivity index (χ3v) is 6.48. The Labute approximate surface area is 263 Å². The Bertz CT molecular complexity index is 868. The number of hydrogen-bond acceptors (Lipinski definition) is 8. The lowest BCUT2D eigenvalue weighted by atomic mass is 9.94. The Balaban J connectivity index is 0. The molecule has 0 aliphatic heterocycles. The molecule has 1 N–H and O–H groups in total. The van der Waals surface area contributed by atoms with E-state index in [-0.39, 0.29) is 61.5 Å². The van der Waals surface area contributed by atoms with Gasteiger partial charge >= 0.3 is 11.9 Å². The number of nitrogens with one attached hydrogen (secondary N) is 1. The number of ether oxygens (including phenoxy) is 4. The molecule has 1 aromatic rings. The molecule has 246 valence electrons. The molecule has 0 heterocycles. The minimum absolute atomic E-state index is 0. The first kappa shape index (κ1) is 42.4. The summed E-state index contributed by atoms with van der Waals surface area (Å²) in [7, 11) is 7.26. The van der Waals surface area contributed by atoms with Crippen LogP contribution in [0.2, 0.25) is 0 Å². The molecule has 0 spiro atoms. The number of likely N-dealkylation sites (N-methyl/N-ethyl adjacent to an activating group) is 2. The van der Waals surface area contributed by atoms with Gasteiger partial charge in [0.05, 0.1) is 25.0 Å². The van der Waals surface area contributed by atoms with Gasteiger partial charge in [-0.05, 0) is 73.0 Å². The molecule has 0 saturated carbocycles. The molecule has 1 aromatic carbocycles. The van der Waals surface area contributed by atoms with E-state index in [9.17, 15) is 9.59 Å². The van der Waals surface area contributed by atoms with Crippen molar-refractivity contribution in [3.05, 3.63) is 35.9 Å². The molecule has 0 saturated heterocycles. The predicted molar refractivity (Wildman–Crippen MR) is 174 cm³/mol. The summed E-state index contributed by atoms with van der Waals surface area (Å²) >= 11 is 0. The maximum atomic E-state index is 12.2. The number of hydrogen-bond donors (Lipinski definition) is 1. The fourth-order valence-corrected chi connectivity index (χ4v) is 4.94. The zero-order chi connectivity index (χ0) is 32.0. The van der Waals surface area contributed by atoms with Crippen LogP contribution in [0.4, 0.5) is 0 Å². The molecule has 9 heteroatoms. The number of nitrogens with zero attached hydrogens (tertiary/aromatic N) is 1. The van der Waals surface area contributed by atoms with Crippen LogP contribution in [0.15, 0.2) is 30.3 Å². The molecular weight excluding hydrogens is 556 g/mol. The smallest absolute Gasteiger partial charge is 0.309 e. The van der Waals surface area contributed by atoms with Crippen molar-refractivity contribution in [1.29, 1.82) is 0 Å². The molecule has 0 aliphatic carbocycles. The van der Waals surface area contributed by atoms with Crippen molar-refractivity contribution in [3.8, 4) is 0 Å². The highest BCUT2D eigenvalue weighted by atomic mass is 35.5. The molecule has 0 fully saturated rings.